The van der Waals surface area contributed by atoms with Gasteiger partial charge in [0.05, 0.1) is 18.8 Å². The summed E-state index contributed by atoms with van der Waals surface area (Å²) in [5.41, 5.74) is 1.91. The molecule has 2 aromatic heterocycles. The SMILES string of the molecule is O=C1CN(S(=O)(=O)c2cc3ccc(Cl)cc3s2)CCN1Cc1nc(-c2ccccc2)cs1. The maximum atomic E-state index is 13.1. The fraction of sp³-hybridized carbons (Fsp3) is 0.182. The van der Waals surface area contributed by atoms with E-state index >= 15 is 0 Å². The molecule has 0 spiro atoms. The highest BCUT2D eigenvalue weighted by molar-refractivity contribution is 7.91. The molecular weight excluding hydrogens is 486 g/mol. The number of hydrogen-bond acceptors (Lipinski definition) is 6. The van der Waals surface area contributed by atoms with Crippen LogP contribution in [0.5, 0.6) is 0 Å². The van der Waals surface area contributed by atoms with Gasteiger partial charge < -0.3 is 4.90 Å². The number of rotatable bonds is 5. The number of sulfonamides is 1. The molecule has 164 valence electrons. The zero-order valence-electron chi connectivity index (χ0n) is 16.8. The Morgan fingerprint density at radius 2 is 1.88 bits per heavy atom. The van der Waals surface area contributed by atoms with Crippen LogP contribution in [0.3, 0.4) is 0 Å². The lowest BCUT2D eigenvalue weighted by molar-refractivity contribution is -0.134. The molecule has 0 N–H and O–H groups in total. The number of aromatic nitrogens is 1. The number of piperazine rings is 1. The summed E-state index contributed by atoms with van der Waals surface area (Å²) in [5.74, 6) is -0.222. The highest BCUT2D eigenvalue weighted by atomic mass is 35.5. The highest BCUT2D eigenvalue weighted by Gasteiger charge is 2.34. The second-order valence-corrected chi connectivity index (χ2v) is 12.0. The summed E-state index contributed by atoms with van der Waals surface area (Å²) in [7, 11) is -3.75. The minimum absolute atomic E-state index is 0.172. The van der Waals surface area contributed by atoms with Crippen molar-refractivity contribution in [2.45, 2.75) is 10.8 Å². The second-order valence-electron chi connectivity index (χ2n) is 7.39. The van der Waals surface area contributed by atoms with Gasteiger partial charge in [0.2, 0.25) is 5.91 Å². The largest absolute Gasteiger partial charge is 0.333 e. The number of thiophene rings is 1. The summed E-state index contributed by atoms with van der Waals surface area (Å²) in [5, 5.41) is 4.18. The van der Waals surface area contributed by atoms with Gasteiger partial charge in [0.1, 0.15) is 9.22 Å². The zero-order chi connectivity index (χ0) is 22.3. The first-order chi connectivity index (χ1) is 15.4. The molecule has 1 saturated heterocycles. The molecule has 10 heteroatoms. The maximum absolute atomic E-state index is 13.1. The average Bonchev–Trinajstić information content (AvgIpc) is 3.43. The molecule has 32 heavy (non-hydrogen) atoms. The molecule has 5 rings (SSSR count). The lowest BCUT2D eigenvalue weighted by atomic mass is 10.2. The Morgan fingerprint density at radius 3 is 2.66 bits per heavy atom. The van der Waals surface area contributed by atoms with Gasteiger partial charge in [-0.3, -0.25) is 4.79 Å². The maximum Gasteiger partial charge on any atom is 0.253 e. The third-order valence-corrected chi connectivity index (χ3v) is 9.75. The third kappa shape index (κ3) is 4.18. The van der Waals surface area contributed by atoms with Crippen LogP contribution in [-0.4, -0.2) is 48.1 Å². The van der Waals surface area contributed by atoms with Crippen LogP contribution in [0.1, 0.15) is 5.01 Å². The predicted octanol–water partition coefficient (Wildman–Crippen LogP) is 4.71. The molecule has 0 saturated carbocycles. The fourth-order valence-electron chi connectivity index (χ4n) is 3.58. The van der Waals surface area contributed by atoms with Gasteiger partial charge in [-0.15, -0.1) is 22.7 Å². The summed E-state index contributed by atoms with van der Waals surface area (Å²) in [4.78, 5) is 19.1. The van der Waals surface area contributed by atoms with Crippen molar-refractivity contribution < 1.29 is 13.2 Å². The van der Waals surface area contributed by atoms with E-state index in [4.69, 9.17) is 11.6 Å². The van der Waals surface area contributed by atoms with Gasteiger partial charge in [-0.25, -0.2) is 13.4 Å². The van der Waals surface area contributed by atoms with Gasteiger partial charge in [0.25, 0.3) is 10.0 Å². The minimum Gasteiger partial charge on any atom is -0.333 e. The van der Waals surface area contributed by atoms with E-state index in [1.54, 1.807) is 29.2 Å². The van der Waals surface area contributed by atoms with E-state index in [-0.39, 0.29) is 23.2 Å². The first-order valence-corrected chi connectivity index (χ1v) is 13.4. The van der Waals surface area contributed by atoms with Gasteiger partial charge in [-0.2, -0.15) is 4.31 Å². The van der Waals surface area contributed by atoms with E-state index in [9.17, 15) is 13.2 Å². The van der Waals surface area contributed by atoms with Crippen molar-refractivity contribution in [3.8, 4) is 11.3 Å². The molecule has 0 aliphatic carbocycles. The molecule has 3 heterocycles. The van der Waals surface area contributed by atoms with Crippen molar-refractivity contribution >= 4 is 60.3 Å². The lowest BCUT2D eigenvalue weighted by Crippen LogP contribution is -2.51. The van der Waals surface area contributed by atoms with Crippen LogP contribution < -0.4 is 0 Å². The molecule has 1 amide bonds. The molecule has 2 aromatic carbocycles. The van der Waals surface area contributed by atoms with Crippen molar-refractivity contribution in [1.29, 1.82) is 0 Å². The van der Waals surface area contributed by atoms with E-state index < -0.39 is 10.0 Å². The molecule has 0 atom stereocenters. The molecule has 1 fully saturated rings. The Bertz CT molecular complexity index is 1400. The quantitative estimate of drug-likeness (QED) is 0.395. The van der Waals surface area contributed by atoms with Crippen LogP contribution in [-0.2, 0) is 21.4 Å². The van der Waals surface area contributed by atoms with Crippen molar-refractivity contribution in [2.24, 2.45) is 0 Å². The molecule has 6 nitrogen and oxygen atoms in total. The normalized spacial score (nSPS) is 15.5. The number of carbonyl (C=O) groups is 1. The minimum atomic E-state index is -3.75. The van der Waals surface area contributed by atoms with E-state index in [0.29, 0.717) is 18.1 Å². The van der Waals surface area contributed by atoms with Gasteiger partial charge in [-0.1, -0.05) is 48.0 Å². The molecule has 1 aliphatic rings. The number of fused-ring (bicyclic) bond motifs is 1. The number of nitrogens with zero attached hydrogens (tertiary/aromatic N) is 3. The van der Waals surface area contributed by atoms with Crippen LogP contribution >= 0.6 is 34.3 Å². The standard InChI is InChI=1S/C22H18ClN3O3S3/c23-17-7-6-16-10-22(31-19(16)11-17)32(28,29)26-9-8-25(21(27)13-26)12-20-24-18(14-30-20)15-4-2-1-3-5-15/h1-7,10-11,14H,8-9,12-13H2. The van der Waals surface area contributed by atoms with Crippen LogP contribution in [0.4, 0.5) is 0 Å². The first-order valence-electron chi connectivity index (χ1n) is 9.87. The lowest BCUT2D eigenvalue weighted by Gasteiger charge is -2.32. The van der Waals surface area contributed by atoms with Crippen molar-refractivity contribution in [1.82, 2.24) is 14.2 Å². The average molecular weight is 504 g/mol. The van der Waals surface area contributed by atoms with Gasteiger partial charge in [0, 0.05) is 33.8 Å². The van der Waals surface area contributed by atoms with E-state index in [1.807, 2.05) is 35.7 Å². The number of hydrogen-bond donors (Lipinski definition) is 0. The molecule has 1 aliphatic heterocycles. The Labute approximate surface area is 198 Å². The summed E-state index contributed by atoms with van der Waals surface area (Å²) in [6, 6.07) is 16.8. The van der Waals surface area contributed by atoms with E-state index in [2.05, 4.69) is 4.98 Å². The number of halogens is 1. The summed E-state index contributed by atoms with van der Waals surface area (Å²) >= 11 is 8.69. The molecule has 0 bridgehead atoms. The molecule has 4 aromatic rings. The summed E-state index contributed by atoms with van der Waals surface area (Å²) in [6.45, 7) is 0.787. The molecular formula is C22H18ClN3O3S3. The smallest absolute Gasteiger partial charge is 0.253 e. The van der Waals surface area contributed by atoms with Crippen molar-refractivity contribution in [3.63, 3.8) is 0 Å². The number of carbonyl (C=O) groups excluding carboxylic acids is 1. The van der Waals surface area contributed by atoms with Crippen LogP contribution in [0, 0.1) is 0 Å². The van der Waals surface area contributed by atoms with Gasteiger partial charge in [-0.05, 0) is 23.6 Å². The number of benzene rings is 2. The van der Waals surface area contributed by atoms with Crippen molar-refractivity contribution in [2.75, 3.05) is 19.6 Å². The Kier molecular flexibility index (Phi) is 5.77. The van der Waals surface area contributed by atoms with Crippen LogP contribution in [0.15, 0.2) is 64.2 Å². The fourth-order valence-corrected chi connectivity index (χ4v) is 7.61. The Hall–Kier alpha value is -2.30. The van der Waals surface area contributed by atoms with E-state index in [0.717, 1.165) is 26.4 Å². The predicted molar refractivity (Wildman–Crippen MR) is 129 cm³/mol. The van der Waals surface area contributed by atoms with Crippen molar-refractivity contribution in [3.05, 3.63) is 70.0 Å². The number of amides is 1. The zero-order valence-corrected chi connectivity index (χ0v) is 20.0. The Morgan fingerprint density at radius 1 is 1.06 bits per heavy atom. The highest BCUT2D eigenvalue weighted by Crippen LogP contribution is 2.33. The number of thiazole rings is 1. The Balaban J connectivity index is 1.28. The van der Waals surface area contributed by atoms with Crippen LogP contribution in [0.25, 0.3) is 21.3 Å². The topological polar surface area (TPSA) is 70.6 Å². The van der Waals surface area contributed by atoms with Crippen LogP contribution in [0.2, 0.25) is 5.02 Å². The summed E-state index contributed by atoms with van der Waals surface area (Å²) in [6.07, 6.45) is 0. The molecule has 0 unspecified atom stereocenters. The second kappa shape index (κ2) is 8.57. The molecule has 0 radical (unpaired) electrons. The third-order valence-electron chi connectivity index (χ3n) is 5.28. The van der Waals surface area contributed by atoms with Gasteiger partial charge in [0.15, 0.2) is 0 Å². The van der Waals surface area contributed by atoms with Gasteiger partial charge >= 0.3 is 0 Å². The van der Waals surface area contributed by atoms with E-state index in [1.165, 1.54) is 27.0 Å². The summed E-state index contributed by atoms with van der Waals surface area (Å²) < 4.78 is 28.6. The monoisotopic (exact) mass is 503 g/mol. The first kappa shape index (κ1) is 21.5.